The highest BCUT2D eigenvalue weighted by molar-refractivity contribution is 7.99. The van der Waals surface area contributed by atoms with Crippen molar-refractivity contribution in [2.24, 2.45) is 0 Å². The van der Waals surface area contributed by atoms with Gasteiger partial charge in [-0.2, -0.15) is 0 Å². The molecule has 0 atom stereocenters. The van der Waals surface area contributed by atoms with Crippen molar-refractivity contribution in [1.29, 1.82) is 0 Å². The van der Waals surface area contributed by atoms with Crippen molar-refractivity contribution in [3.05, 3.63) is 60.4 Å². The van der Waals surface area contributed by atoms with Crippen LogP contribution >= 0.6 is 11.8 Å². The average molecular weight is 375 g/mol. The van der Waals surface area contributed by atoms with Gasteiger partial charge in [-0.15, -0.1) is 11.8 Å². The summed E-state index contributed by atoms with van der Waals surface area (Å²) < 4.78 is 13.1. The molecule has 0 aliphatic carbocycles. The fraction of sp³-hybridized carbons (Fsp3) is 0.263. The first-order chi connectivity index (χ1) is 12.5. The number of hydrogen-bond acceptors (Lipinski definition) is 4. The van der Waals surface area contributed by atoms with Crippen molar-refractivity contribution < 1.29 is 14.0 Å². The third-order valence-corrected chi connectivity index (χ3v) is 4.39. The Balaban J connectivity index is 1.62. The fourth-order valence-electron chi connectivity index (χ4n) is 2.24. The molecular formula is C19H22FN3O2S. The summed E-state index contributed by atoms with van der Waals surface area (Å²) in [7, 11) is 1.68. The Labute approximate surface area is 157 Å². The SMILES string of the molecule is CN(CC(=O)NCCSc1ccccc1)CC(=O)Nc1cccc(F)c1. The number of likely N-dealkylation sites (N-methyl/N-ethyl adjacent to an activating group) is 1. The van der Waals surface area contributed by atoms with Gasteiger partial charge in [0.05, 0.1) is 13.1 Å². The number of thioether (sulfide) groups is 1. The van der Waals surface area contributed by atoms with Crippen LogP contribution < -0.4 is 10.6 Å². The van der Waals surface area contributed by atoms with E-state index < -0.39 is 5.82 Å². The first-order valence-corrected chi connectivity index (χ1v) is 9.20. The van der Waals surface area contributed by atoms with E-state index in [4.69, 9.17) is 0 Å². The lowest BCUT2D eigenvalue weighted by atomic mass is 10.3. The van der Waals surface area contributed by atoms with E-state index in [0.29, 0.717) is 12.2 Å². The Morgan fingerprint density at radius 3 is 2.50 bits per heavy atom. The molecule has 0 unspecified atom stereocenters. The molecule has 0 aromatic heterocycles. The number of amides is 2. The zero-order chi connectivity index (χ0) is 18.8. The molecule has 7 heteroatoms. The van der Waals surface area contributed by atoms with E-state index >= 15 is 0 Å². The van der Waals surface area contributed by atoms with Gasteiger partial charge in [0.15, 0.2) is 0 Å². The second-order valence-corrected chi connectivity index (χ2v) is 6.91. The first kappa shape index (κ1) is 19.9. The third-order valence-electron chi connectivity index (χ3n) is 3.37. The van der Waals surface area contributed by atoms with Crippen molar-refractivity contribution in [3.8, 4) is 0 Å². The van der Waals surface area contributed by atoms with E-state index in [1.807, 2.05) is 30.3 Å². The molecule has 2 aromatic rings. The normalized spacial score (nSPS) is 10.6. The van der Waals surface area contributed by atoms with Crippen LogP contribution in [0.3, 0.4) is 0 Å². The van der Waals surface area contributed by atoms with Gasteiger partial charge in [-0.3, -0.25) is 14.5 Å². The number of rotatable bonds is 9. The molecule has 2 N–H and O–H groups in total. The van der Waals surface area contributed by atoms with Gasteiger partial charge in [-0.05, 0) is 37.4 Å². The lowest BCUT2D eigenvalue weighted by molar-refractivity contribution is -0.122. The Hall–Kier alpha value is -2.38. The van der Waals surface area contributed by atoms with Crippen molar-refractivity contribution >= 4 is 29.3 Å². The highest BCUT2D eigenvalue weighted by Crippen LogP contribution is 2.15. The van der Waals surface area contributed by atoms with Crippen molar-refractivity contribution in [1.82, 2.24) is 10.2 Å². The summed E-state index contributed by atoms with van der Waals surface area (Å²) in [6, 6.07) is 15.7. The third kappa shape index (κ3) is 7.67. The van der Waals surface area contributed by atoms with Crippen molar-refractivity contribution in [2.75, 3.05) is 37.8 Å². The quantitative estimate of drug-likeness (QED) is 0.522. The molecule has 2 aromatic carbocycles. The molecule has 0 heterocycles. The van der Waals surface area contributed by atoms with Crippen LogP contribution in [-0.2, 0) is 9.59 Å². The van der Waals surface area contributed by atoms with Gasteiger partial charge in [0.2, 0.25) is 11.8 Å². The molecule has 0 saturated carbocycles. The van der Waals surface area contributed by atoms with Crippen LogP contribution in [0, 0.1) is 5.82 Å². The molecule has 5 nitrogen and oxygen atoms in total. The number of carbonyl (C=O) groups excluding carboxylic acids is 2. The maximum atomic E-state index is 13.1. The summed E-state index contributed by atoms with van der Waals surface area (Å²) in [6.45, 7) is 0.719. The molecular weight excluding hydrogens is 353 g/mol. The smallest absolute Gasteiger partial charge is 0.238 e. The molecule has 0 radical (unpaired) electrons. The lowest BCUT2D eigenvalue weighted by Gasteiger charge is -2.16. The molecule has 138 valence electrons. The maximum Gasteiger partial charge on any atom is 0.238 e. The predicted octanol–water partition coefficient (Wildman–Crippen LogP) is 2.60. The zero-order valence-corrected chi connectivity index (χ0v) is 15.4. The summed E-state index contributed by atoms with van der Waals surface area (Å²) in [5, 5.41) is 5.43. The van der Waals surface area contributed by atoms with Crippen LogP contribution in [0.4, 0.5) is 10.1 Å². The monoisotopic (exact) mass is 375 g/mol. The molecule has 2 amide bonds. The van der Waals surface area contributed by atoms with Gasteiger partial charge in [0.1, 0.15) is 5.82 Å². The van der Waals surface area contributed by atoms with Gasteiger partial charge in [0, 0.05) is 22.9 Å². The Bertz CT molecular complexity index is 728. The number of nitrogens with one attached hydrogen (secondary N) is 2. The Morgan fingerprint density at radius 1 is 1.04 bits per heavy atom. The summed E-state index contributed by atoms with van der Waals surface area (Å²) in [5.41, 5.74) is 0.394. The number of hydrogen-bond donors (Lipinski definition) is 2. The lowest BCUT2D eigenvalue weighted by Crippen LogP contribution is -2.39. The van der Waals surface area contributed by atoms with E-state index in [9.17, 15) is 14.0 Å². The molecule has 2 rings (SSSR count). The van der Waals surface area contributed by atoms with Gasteiger partial charge in [-0.1, -0.05) is 24.3 Å². The summed E-state index contributed by atoms with van der Waals surface area (Å²) in [4.78, 5) is 26.6. The molecule has 0 aliphatic heterocycles. The number of carbonyl (C=O) groups is 2. The minimum atomic E-state index is -0.413. The zero-order valence-electron chi connectivity index (χ0n) is 14.6. The topological polar surface area (TPSA) is 61.4 Å². The number of benzene rings is 2. The van der Waals surface area contributed by atoms with Gasteiger partial charge in [-0.25, -0.2) is 4.39 Å². The molecule has 0 aliphatic rings. The van der Waals surface area contributed by atoms with E-state index in [1.165, 1.54) is 18.2 Å². The molecule has 26 heavy (non-hydrogen) atoms. The minimum absolute atomic E-state index is 0.0443. The number of anilines is 1. The standard InChI is InChI=1S/C19H22FN3O2S/c1-23(14-19(25)22-16-7-5-6-15(20)12-16)13-18(24)21-10-11-26-17-8-3-2-4-9-17/h2-9,12H,10-11,13-14H2,1H3,(H,21,24)(H,22,25). The Morgan fingerprint density at radius 2 is 1.77 bits per heavy atom. The van der Waals surface area contributed by atoms with Gasteiger partial charge < -0.3 is 10.6 Å². The molecule has 0 spiro atoms. The minimum Gasteiger partial charge on any atom is -0.354 e. The number of halogens is 1. The first-order valence-electron chi connectivity index (χ1n) is 8.21. The average Bonchev–Trinajstić information content (AvgIpc) is 2.59. The summed E-state index contributed by atoms with van der Waals surface area (Å²) in [6.07, 6.45) is 0. The van der Waals surface area contributed by atoms with Crippen LogP contribution in [-0.4, -0.2) is 49.1 Å². The van der Waals surface area contributed by atoms with Crippen LogP contribution in [0.25, 0.3) is 0 Å². The Kier molecular flexibility index (Phi) is 8.11. The second-order valence-electron chi connectivity index (χ2n) is 5.74. The largest absolute Gasteiger partial charge is 0.354 e. The van der Waals surface area contributed by atoms with E-state index in [-0.39, 0.29) is 24.9 Å². The van der Waals surface area contributed by atoms with E-state index in [0.717, 1.165) is 10.6 Å². The predicted molar refractivity (Wildman–Crippen MR) is 103 cm³/mol. The molecule has 0 fully saturated rings. The van der Waals surface area contributed by atoms with Gasteiger partial charge in [0.25, 0.3) is 0 Å². The molecule has 0 bridgehead atoms. The fourth-order valence-corrected chi connectivity index (χ4v) is 3.03. The molecule has 0 saturated heterocycles. The van der Waals surface area contributed by atoms with Crippen LogP contribution in [0.1, 0.15) is 0 Å². The number of nitrogens with zero attached hydrogens (tertiary/aromatic N) is 1. The highest BCUT2D eigenvalue weighted by Gasteiger charge is 2.11. The van der Waals surface area contributed by atoms with Crippen molar-refractivity contribution in [3.63, 3.8) is 0 Å². The van der Waals surface area contributed by atoms with Crippen molar-refractivity contribution in [2.45, 2.75) is 4.90 Å². The highest BCUT2D eigenvalue weighted by atomic mass is 32.2. The van der Waals surface area contributed by atoms with Gasteiger partial charge >= 0.3 is 0 Å². The second kappa shape index (κ2) is 10.6. The van der Waals surface area contributed by atoms with Crippen LogP contribution in [0.5, 0.6) is 0 Å². The van der Waals surface area contributed by atoms with E-state index in [2.05, 4.69) is 10.6 Å². The maximum absolute atomic E-state index is 13.1. The van der Waals surface area contributed by atoms with Crippen LogP contribution in [0.2, 0.25) is 0 Å². The summed E-state index contributed by atoms with van der Waals surface area (Å²) in [5.74, 6) is -0.0753. The van der Waals surface area contributed by atoms with E-state index in [1.54, 1.807) is 29.8 Å². The summed E-state index contributed by atoms with van der Waals surface area (Å²) >= 11 is 1.67. The van der Waals surface area contributed by atoms with Crippen LogP contribution in [0.15, 0.2) is 59.5 Å².